The van der Waals surface area contributed by atoms with Crippen LogP contribution in [0.15, 0.2) is 67.3 Å². The van der Waals surface area contributed by atoms with Crippen LogP contribution in [-0.4, -0.2) is 31.9 Å². The number of fused-ring (bicyclic) bond motifs is 1. The van der Waals surface area contributed by atoms with Gasteiger partial charge in [-0.3, -0.25) is 9.78 Å². The number of rotatable bonds is 6. The Balaban J connectivity index is 1.68. The van der Waals surface area contributed by atoms with E-state index in [-0.39, 0.29) is 23.7 Å². The molecule has 31 heavy (non-hydrogen) atoms. The van der Waals surface area contributed by atoms with Crippen molar-refractivity contribution in [1.29, 1.82) is 0 Å². The first-order valence-corrected chi connectivity index (χ1v) is 10.2. The summed E-state index contributed by atoms with van der Waals surface area (Å²) >= 11 is 0. The molecule has 0 saturated heterocycles. The van der Waals surface area contributed by atoms with Crippen LogP contribution in [0.3, 0.4) is 0 Å². The summed E-state index contributed by atoms with van der Waals surface area (Å²) in [5, 5.41) is 7.20. The van der Waals surface area contributed by atoms with Gasteiger partial charge in [0.2, 0.25) is 0 Å². The predicted octanol–water partition coefficient (Wildman–Crippen LogP) is 4.40. The second-order valence-corrected chi connectivity index (χ2v) is 7.65. The van der Waals surface area contributed by atoms with Gasteiger partial charge in [0.05, 0.1) is 23.6 Å². The highest BCUT2D eigenvalue weighted by Crippen LogP contribution is 2.28. The van der Waals surface area contributed by atoms with E-state index in [2.05, 4.69) is 49.6 Å². The number of amides is 1. The number of nitrogens with zero attached hydrogens (tertiary/aromatic N) is 4. The topological polar surface area (TPSA) is 92.7 Å². The van der Waals surface area contributed by atoms with Crippen LogP contribution in [0, 0.1) is 0 Å². The fourth-order valence-corrected chi connectivity index (χ4v) is 3.31. The highest BCUT2D eigenvalue weighted by molar-refractivity contribution is 5.94. The van der Waals surface area contributed by atoms with Gasteiger partial charge < -0.3 is 10.6 Å². The Bertz CT molecular complexity index is 1210. The molecule has 4 rings (SSSR count). The predicted molar refractivity (Wildman–Crippen MR) is 122 cm³/mol. The lowest BCUT2D eigenvalue weighted by atomic mass is 10.1. The van der Waals surface area contributed by atoms with E-state index in [1.165, 1.54) is 11.8 Å². The Hall–Kier alpha value is -3.87. The summed E-state index contributed by atoms with van der Waals surface area (Å²) < 4.78 is 0. The molecular weight excluding hydrogens is 388 g/mol. The van der Waals surface area contributed by atoms with Crippen LogP contribution in [-0.2, 0) is 0 Å². The van der Waals surface area contributed by atoms with Gasteiger partial charge in [-0.15, -0.1) is 0 Å². The Kier molecular flexibility index (Phi) is 5.84. The SMILES string of the molecule is CC(C)NC(=O)c1cncc(-c2ccc3ncnc(N[C@H](C)c4ccccc4)c3c2)n1. The molecule has 0 spiro atoms. The minimum Gasteiger partial charge on any atom is -0.363 e. The molecule has 2 aromatic heterocycles. The molecule has 2 aromatic carbocycles. The summed E-state index contributed by atoms with van der Waals surface area (Å²) in [4.78, 5) is 29.9. The molecule has 1 amide bonds. The van der Waals surface area contributed by atoms with E-state index in [0.717, 1.165) is 22.3 Å². The minimum absolute atomic E-state index is 0.0241. The Morgan fingerprint density at radius 2 is 1.77 bits per heavy atom. The maximum absolute atomic E-state index is 12.3. The van der Waals surface area contributed by atoms with E-state index in [1.807, 2.05) is 50.2 Å². The molecule has 2 N–H and O–H groups in total. The smallest absolute Gasteiger partial charge is 0.271 e. The maximum Gasteiger partial charge on any atom is 0.271 e. The van der Waals surface area contributed by atoms with Crippen LogP contribution < -0.4 is 10.6 Å². The monoisotopic (exact) mass is 412 g/mol. The van der Waals surface area contributed by atoms with Gasteiger partial charge in [0.15, 0.2) is 0 Å². The maximum atomic E-state index is 12.3. The molecule has 156 valence electrons. The summed E-state index contributed by atoms with van der Waals surface area (Å²) in [7, 11) is 0. The number of nitrogens with one attached hydrogen (secondary N) is 2. The third-order valence-corrected chi connectivity index (χ3v) is 4.87. The molecule has 4 aromatic rings. The van der Waals surface area contributed by atoms with Gasteiger partial charge >= 0.3 is 0 Å². The Labute approximate surface area is 181 Å². The van der Waals surface area contributed by atoms with Crippen LogP contribution in [0.4, 0.5) is 5.82 Å². The van der Waals surface area contributed by atoms with E-state index < -0.39 is 0 Å². The first-order valence-electron chi connectivity index (χ1n) is 10.2. The standard InChI is InChI=1S/C24H24N6O/c1-15(2)28-24(31)22-13-25-12-21(30-22)18-9-10-20-19(11-18)23(27-14-26-20)29-16(3)17-7-5-4-6-8-17/h4-16H,1-3H3,(H,28,31)(H,26,27,29)/t16-/m1/s1. The first-order chi connectivity index (χ1) is 15.0. The van der Waals surface area contributed by atoms with E-state index >= 15 is 0 Å². The first kappa shape index (κ1) is 20.4. The zero-order chi connectivity index (χ0) is 21.8. The van der Waals surface area contributed by atoms with Crippen molar-refractivity contribution in [2.75, 3.05) is 5.32 Å². The average molecular weight is 412 g/mol. The van der Waals surface area contributed by atoms with E-state index in [0.29, 0.717) is 5.69 Å². The van der Waals surface area contributed by atoms with Crippen LogP contribution >= 0.6 is 0 Å². The van der Waals surface area contributed by atoms with Crippen molar-refractivity contribution in [3.8, 4) is 11.3 Å². The molecule has 0 fully saturated rings. The lowest BCUT2D eigenvalue weighted by Gasteiger charge is -2.16. The van der Waals surface area contributed by atoms with Crippen LogP contribution in [0.5, 0.6) is 0 Å². The van der Waals surface area contributed by atoms with Crippen molar-refractivity contribution in [3.05, 3.63) is 78.5 Å². The van der Waals surface area contributed by atoms with Crippen molar-refractivity contribution in [3.63, 3.8) is 0 Å². The molecule has 2 heterocycles. The number of aromatic nitrogens is 4. The van der Waals surface area contributed by atoms with Crippen LogP contribution in [0.1, 0.15) is 42.9 Å². The Morgan fingerprint density at radius 1 is 0.968 bits per heavy atom. The highest BCUT2D eigenvalue weighted by atomic mass is 16.1. The molecule has 0 aliphatic carbocycles. The Morgan fingerprint density at radius 3 is 2.55 bits per heavy atom. The molecular formula is C24H24N6O. The van der Waals surface area contributed by atoms with Crippen molar-refractivity contribution in [1.82, 2.24) is 25.3 Å². The van der Waals surface area contributed by atoms with E-state index in [1.54, 1.807) is 12.5 Å². The number of benzene rings is 2. The zero-order valence-corrected chi connectivity index (χ0v) is 17.7. The number of anilines is 1. The van der Waals surface area contributed by atoms with Gasteiger partial charge in [0.25, 0.3) is 5.91 Å². The van der Waals surface area contributed by atoms with Crippen LogP contribution in [0.2, 0.25) is 0 Å². The lowest BCUT2D eigenvalue weighted by molar-refractivity contribution is 0.0938. The summed E-state index contributed by atoms with van der Waals surface area (Å²) in [5.41, 5.74) is 3.73. The lowest BCUT2D eigenvalue weighted by Crippen LogP contribution is -2.30. The van der Waals surface area contributed by atoms with Gasteiger partial charge in [-0.1, -0.05) is 36.4 Å². The van der Waals surface area contributed by atoms with Crippen molar-refractivity contribution in [2.24, 2.45) is 0 Å². The average Bonchev–Trinajstić information content (AvgIpc) is 2.79. The quantitative estimate of drug-likeness (QED) is 0.488. The fraction of sp³-hybridized carbons (Fsp3) is 0.208. The molecule has 0 bridgehead atoms. The summed E-state index contributed by atoms with van der Waals surface area (Å²) in [6.07, 6.45) is 4.68. The fourth-order valence-electron chi connectivity index (χ4n) is 3.31. The van der Waals surface area contributed by atoms with E-state index in [9.17, 15) is 4.79 Å². The molecule has 0 aliphatic rings. The second kappa shape index (κ2) is 8.87. The normalized spacial score (nSPS) is 12.0. The van der Waals surface area contributed by atoms with Gasteiger partial charge in [-0.2, -0.15) is 0 Å². The van der Waals surface area contributed by atoms with Gasteiger partial charge in [-0.05, 0) is 38.5 Å². The molecule has 0 unspecified atom stereocenters. The van der Waals surface area contributed by atoms with Gasteiger partial charge in [0.1, 0.15) is 17.8 Å². The minimum atomic E-state index is -0.243. The third kappa shape index (κ3) is 4.66. The number of hydrogen-bond acceptors (Lipinski definition) is 6. The zero-order valence-electron chi connectivity index (χ0n) is 17.7. The summed E-state index contributed by atoms with van der Waals surface area (Å²) in [5.74, 6) is 0.498. The summed E-state index contributed by atoms with van der Waals surface area (Å²) in [6, 6.07) is 16.1. The molecule has 1 atom stereocenters. The third-order valence-electron chi connectivity index (χ3n) is 4.87. The molecule has 0 saturated carbocycles. The van der Waals surface area contributed by atoms with Gasteiger partial charge in [0, 0.05) is 23.0 Å². The van der Waals surface area contributed by atoms with Crippen LogP contribution in [0.25, 0.3) is 22.2 Å². The molecule has 7 heteroatoms. The van der Waals surface area contributed by atoms with Crippen molar-refractivity contribution < 1.29 is 4.79 Å². The molecule has 0 aliphatic heterocycles. The molecule has 0 radical (unpaired) electrons. The second-order valence-electron chi connectivity index (χ2n) is 7.65. The van der Waals surface area contributed by atoms with Crippen molar-refractivity contribution >= 4 is 22.6 Å². The number of carbonyl (C=O) groups is 1. The van der Waals surface area contributed by atoms with E-state index in [4.69, 9.17) is 0 Å². The highest BCUT2D eigenvalue weighted by Gasteiger charge is 2.13. The van der Waals surface area contributed by atoms with Crippen molar-refractivity contribution in [2.45, 2.75) is 32.9 Å². The number of hydrogen-bond donors (Lipinski definition) is 2. The molecule has 7 nitrogen and oxygen atoms in total. The summed E-state index contributed by atoms with van der Waals surface area (Å²) in [6.45, 7) is 5.91. The number of carbonyl (C=O) groups excluding carboxylic acids is 1. The largest absolute Gasteiger partial charge is 0.363 e. The van der Waals surface area contributed by atoms with Gasteiger partial charge in [-0.25, -0.2) is 15.0 Å².